The topological polar surface area (TPSA) is 56.2 Å². The molecule has 1 aliphatic carbocycles. The molecule has 7 heteroatoms. The Kier molecular flexibility index (Phi) is 3.74. The van der Waals surface area contributed by atoms with Crippen LogP contribution in [0.1, 0.15) is 37.4 Å². The lowest BCUT2D eigenvalue weighted by Crippen LogP contribution is -2.00. The number of nitrogens with zero attached hydrogens (tertiary/aromatic N) is 4. The van der Waals surface area contributed by atoms with Gasteiger partial charge in [0.15, 0.2) is 17.8 Å². The average molecular weight is 366 g/mol. The molecular weight excluding hydrogens is 350 g/mol. The zero-order valence-electron chi connectivity index (χ0n) is 14.4. The molecule has 0 radical (unpaired) electrons. The molecule has 0 N–H and O–H groups in total. The van der Waals surface area contributed by atoms with Gasteiger partial charge in [-0.05, 0) is 43.2 Å². The summed E-state index contributed by atoms with van der Waals surface area (Å²) in [5, 5.41) is 8.61. The van der Waals surface area contributed by atoms with Gasteiger partial charge in [0.25, 0.3) is 0 Å². The zero-order chi connectivity index (χ0) is 18.4. The molecule has 1 aliphatic rings. The maximum absolute atomic E-state index is 14.2. The van der Waals surface area contributed by atoms with E-state index in [1.165, 1.54) is 19.2 Å². The first-order chi connectivity index (χ1) is 13.2. The molecule has 1 fully saturated rings. The second kappa shape index (κ2) is 6.26. The monoisotopic (exact) mass is 366 g/mol. The number of halogens is 2. The summed E-state index contributed by atoms with van der Waals surface area (Å²) in [5.41, 5.74) is 1.79. The maximum atomic E-state index is 14.2. The van der Waals surface area contributed by atoms with E-state index in [0.717, 1.165) is 42.5 Å². The van der Waals surface area contributed by atoms with Gasteiger partial charge in [-0.3, -0.25) is 4.40 Å². The highest BCUT2D eigenvalue weighted by Crippen LogP contribution is 2.36. The van der Waals surface area contributed by atoms with Crippen molar-refractivity contribution in [2.75, 3.05) is 0 Å². The van der Waals surface area contributed by atoms with Crippen molar-refractivity contribution in [3.63, 3.8) is 0 Å². The zero-order valence-corrected chi connectivity index (χ0v) is 14.4. The van der Waals surface area contributed by atoms with Crippen LogP contribution >= 0.6 is 0 Å². The van der Waals surface area contributed by atoms with E-state index in [1.807, 2.05) is 22.7 Å². The number of hydrogen-bond acceptors (Lipinski definition) is 4. The van der Waals surface area contributed by atoms with Crippen molar-refractivity contribution in [1.82, 2.24) is 19.6 Å². The first-order valence-corrected chi connectivity index (χ1v) is 8.94. The third kappa shape index (κ3) is 2.70. The molecule has 0 unspecified atom stereocenters. The molecule has 0 atom stereocenters. The predicted octanol–water partition coefficient (Wildman–Crippen LogP) is 4.99. The van der Waals surface area contributed by atoms with Gasteiger partial charge in [-0.15, -0.1) is 10.2 Å². The lowest BCUT2D eigenvalue weighted by atomic mass is 10.1. The summed E-state index contributed by atoms with van der Waals surface area (Å²) in [6, 6.07) is 6.95. The van der Waals surface area contributed by atoms with Gasteiger partial charge in [0, 0.05) is 23.2 Å². The lowest BCUT2D eigenvalue weighted by Gasteiger charge is -2.08. The molecule has 0 bridgehead atoms. The van der Waals surface area contributed by atoms with E-state index in [9.17, 15) is 8.78 Å². The fourth-order valence-electron chi connectivity index (χ4n) is 3.83. The molecule has 0 aliphatic heterocycles. The Balaban J connectivity index is 1.63. The number of oxazole rings is 1. The summed E-state index contributed by atoms with van der Waals surface area (Å²) >= 11 is 0. The van der Waals surface area contributed by atoms with Gasteiger partial charge in [0.1, 0.15) is 23.2 Å². The minimum absolute atomic E-state index is 0.0682. The van der Waals surface area contributed by atoms with Crippen LogP contribution in [0.5, 0.6) is 0 Å². The van der Waals surface area contributed by atoms with E-state index in [-0.39, 0.29) is 11.3 Å². The largest absolute Gasteiger partial charge is 0.443 e. The first kappa shape index (κ1) is 16.1. The van der Waals surface area contributed by atoms with Crippen LogP contribution in [0.25, 0.3) is 28.2 Å². The molecular formula is C20H16F2N4O. The Hall–Kier alpha value is -3.09. The lowest BCUT2D eigenvalue weighted by molar-refractivity contribution is 0.571. The molecule has 4 aromatic rings. The summed E-state index contributed by atoms with van der Waals surface area (Å²) in [6.07, 6.45) is 7.72. The average Bonchev–Trinajstić information content (AvgIpc) is 3.42. The summed E-state index contributed by atoms with van der Waals surface area (Å²) in [6.45, 7) is 0. The Labute approximate surface area is 153 Å². The highest BCUT2D eigenvalue weighted by Gasteiger charge is 2.23. The van der Waals surface area contributed by atoms with Crippen LogP contribution in [0.3, 0.4) is 0 Å². The quantitative estimate of drug-likeness (QED) is 0.513. The number of pyridine rings is 1. The van der Waals surface area contributed by atoms with E-state index in [1.54, 1.807) is 0 Å². The van der Waals surface area contributed by atoms with Crippen molar-refractivity contribution in [2.24, 2.45) is 0 Å². The third-order valence-corrected chi connectivity index (χ3v) is 5.16. The summed E-state index contributed by atoms with van der Waals surface area (Å²) < 4.78 is 35.3. The molecule has 27 heavy (non-hydrogen) atoms. The van der Waals surface area contributed by atoms with Gasteiger partial charge >= 0.3 is 0 Å². The highest BCUT2D eigenvalue weighted by molar-refractivity contribution is 5.77. The normalized spacial score (nSPS) is 15.0. The van der Waals surface area contributed by atoms with Gasteiger partial charge in [-0.25, -0.2) is 13.8 Å². The van der Waals surface area contributed by atoms with Crippen LogP contribution < -0.4 is 0 Å². The Morgan fingerprint density at radius 2 is 1.89 bits per heavy atom. The van der Waals surface area contributed by atoms with Crippen molar-refractivity contribution in [3.8, 4) is 22.6 Å². The molecule has 0 amide bonds. The van der Waals surface area contributed by atoms with Crippen molar-refractivity contribution < 1.29 is 13.2 Å². The van der Waals surface area contributed by atoms with Crippen LogP contribution in [-0.2, 0) is 0 Å². The molecule has 5 rings (SSSR count). The molecule has 5 nitrogen and oxygen atoms in total. The van der Waals surface area contributed by atoms with Crippen LogP contribution in [0, 0.1) is 11.6 Å². The molecule has 1 saturated carbocycles. The minimum atomic E-state index is -0.552. The number of hydrogen-bond donors (Lipinski definition) is 0. The predicted molar refractivity (Wildman–Crippen MR) is 95.0 cm³/mol. The van der Waals surface area contributed by atoms with Crippen LogP contribution in [0.15, 0.2) is 47.3 Å². The minimum Gasteiger partial charge on any atom is -0.443 e. The molecule has 3 heterocycles. The molecule has 1 aromatic carbocycles. The Morgan fingerprint density at radius 1 is 1.04 bits per heavy atom. The van der Waals surface area contributed by atoms with Crippen molar-refractivity contribution in [2.45, 2.75) is 31.6 Å². The number of rotatable bonds is 3. The van der Waals surface area contributed by atoms with Gasteiger partial charge in [-0.2, -0.15) is 0 Å². The Bertz CT molecular complexity index is 1130. The van der Waals surface area contributed by atoms with Crippen LogP contribution in [0.2, 0.25) is 0 Å². The number of aromatic nitrogens is 4. The summed E-state index contributed by atoms with van der Waals surface area (Å²) in [7, 11) is 0. The molecule has 136 valence electrons. The van der Waals surface area contributed by atoms with Gasteiger partial charge < -0.3 is 4.42 Å². The second-order valence-electron chi connectivity index (χ2n) is 6.84. The fourth-order valence-corrected chi connectivity index (χ4v) is 3.83. The van der Waals surface area contributed by atoms with E-state index < -0.39 is 11.6 Å². The van der Waals surface area contributed by atoms with Crippen molar-refractivity contribution >= 4 is 5.65 Å². The van der Waals surface area contributed by atoms with Gasteiger partial charge in [0.2, 0.25) is 0 Å². The van der Waals surface area contributed by atoms with E-state index in [0.29, 0.717) is 17.2 Å². The third-order valence-electron chi connectivity index (χ3n) is 5.16. The molecule has 0 spiro atoms. The van der Waals surface area contributed by atoms with Crippen molar-refractivity contribution in [1.29, 1.82) is 0 Å². The number of benzene rings is 1. The summed E-state index contributed by atoms with van der Waals surface area (Å²) in [4.78, 5) is 4.12. The highest BCUT2D eigenvalue weighted by atomic mass is 19.1. The van der Waals surface area contributed by atoms with E-state index >= 15 is 0 Å². The summed E-state index contributed by atoms with van der Waals surface area (Å²) in [5.74, 6) is 0.627. The first-order valence-electron chi connectivity index (χ1n) is 8.94. The SMILES string of the molecule is Fc1ccc(F)c(-c2ncoc2-c2ccc3nnc(C4CCCC4)n3c2)c1. The van der Waals surface area contributed by atoms with E-state index in [4.69, 9.17) is 4.42 Å². The maximum Gasteiger partial charge on any atom is 0.182 e. The molecule has 3 aromatic heterocycles. The number of fused-ring (bicyclic) bond motifs is 1. The standard InChI is InChI=1S/C20H16F2N4O/c21-14-6-7-16(22)15(9-14)18-19(27-11-23-18)13-5-8-17-24-25-20(26(17)10-13)12-3-1-2-4-12/h5-12H,1-4H2. The van der Waals surface area contributed by atoms with Crippen LogP contribution in [-0.4, -0.2) is 19.6 Å². The second-order valence-corrected chi connectivity index (χ2v) is 6.84. The fraction of sp³-hybridized carbons (Fsp3) is 0.250. The Morgan fingerprint density at radius 3 is 2.74 bits per heavy atom. The van der Waals surface area contributed by atoms with Gasteiger partial charge in [-0.1, -0.05) is 12.8 Å². The van der Waals surface area contributed by atoms with Crippen molar-refractivity contribution in [3.05, 3.63) is 60.4 Å². The van der Waals surface area contributed by atoms with Crippen LogP contribution in [0.4, 0.5) is 8.78 Å². The molecule has 0 saturated heterocycles. The van der Waals surface area contributed by atoms with Gasteiger partial charge in [0.05, 0.1) is 0 Å². The smallest absolute Gasteiger partial charge is 0.182 e. The van der Waals surface area contributed by atoms with E-state index in [2.05, 4.69) is 15.2 Å².